The number of hydrogen-bond acceptors (Lipinski definition) is 4. The highest BCUT2D eigenvalue weighted by molar-refractivity contribution is 7.88. The molecule has 0 aromatic heterocycles. The third kappa shape index (κ3) is 3.76. The van der Waals surface area contributed by atoms with E-state index in [0.717, 1.165) is 32.1 Å². The molecule has 2 aliphatic rings. The van der Waals surface area contributed by atoms with Crippen molar-refractivity contribution >= 4 is 15.9 Å². The van der Waals surface area contributed by atoms with Gasteiger partial charge in [-0.25, -0.2) is 12.7 Å². The molecule has 0 bridgehead atoms. The van der Waals surface area contributed by atoms with E-state index in [-0.39, 0.29) is 17.9 Å². The van der Waals surface area contributed by atoms with Crippen molar-refractivity contribution in [2.24, 2.45) is 17.6 Å². The Morgan fingerprint density at radius 2 is 1.86 bits per heavy atom. The van der Waals surface area contributed by atoms with Crippen LogP contribution < -0.4 is 5.73 Å². The third-order valence-corrected chi connectivity index (χ3v) is 6.37. The van der Waals surface area contributed by atoms with Crippen LogP contribution in [0.25, 0.3) is 0 Å². The van der Waals surface area contributed by atoms with Crippen molar-refractivity contribution in [1.82, 2.24) is 9.21 Å². The first-order chi connectivity index (χ1) is 9.84. The molecule has 0 aromatic carbocycles. The van der Waals surface area contributed by atoms with Crippen molar-refractivity contribution < 1.29 is 13.2 Å². The summed E-state index contributed by atoms with van der Waals surface area (Å²) in [6.07, 6.45) is 5.75. The number of amides is 1. The summed E-state index contributed by atoms with van der Waals surface area (Å²) in [7, 11) is -1.25. The smallest absolute Gasteiger partial charge is 0.226 e. The summed E-state index contributed by atoms with van der Waals surface area (Å²) in [5, 5.41) is 0. The first kappa shape index (κ1) is 16.7. The second kappa shape index (κ2) is 6.62. The highest BCUT2D eigenvalue weighted by Gasteiger charge is 2.36. The summed E-state index contributed by atoms with van der Waals surface area (Å²) >= 11 is 0. The zero-order chi connectivity index (χ0) is 15.6. The fourth-order valence-electron chi connectivity index (χ4n) is 3.65. The lowest BCUT2D eigenvalue weighted by Crippen LogP contribution is -2.49. The quantitative estimate of drug-likeness (QED) is 0.805. The van der Waals surface area contributed by atoms with Crippen molar-refractivity contribution in [2.45, 2.75) is 38.1 Å². The lowest BCUT2D eigenvalue weighted by atomic mass is 9.93. The molecule has 1 saturated heterocycles. The Kier molecular flexibility index (Phi) is 5.27. The van der Waals surface area contributed by atoms with Gasteiger partial charge in [0.2, 0.25) is 15.9 Å². The van der Waals surface area contributed by atoms with Crippen LogP contribution in [-0.4, -0.2) is 62.5 Å². The van der Waals surface area contributed by atoms with Gasteiger partial charge in [-0.15, -0.1) is 0 Å². The molecule has 2 N–H and O–H groups in total. The minimum absolute atomic E-state index is 0.0629. The van der Waals surface area contributed by atoms with Crippen LogP contribution in [0, 0.1) is 11.8 Å². The highest BCUT2D eigenvalue weighted by atomic mass is 32.2. The summed E-state index contributed by atoms with van der Waals surface area (Å²) in [5.74, 6) is 0.574. The first-order valence-corrected chi connectivity index (χ1v) is 9.61. The van der Waals surface area contributed by atoms with Crippen LogP contribution in [0.1, 0.15) is 32.1 Å². The zero-order valence-corrected chi connectivity index (χ0v) is 13.8. The number of carbonyl (C=O) groups is 1. The first-order valence-electron chi connectivity index (χ1n) is 7.76. The summed E-state index contributed by atoms with van der Waals surface area (Å²) < 4.78 is 24.5. The van der Waals surface area contributed by atoms with Gasteiger partial charge in [-0.05, 0) is 38.1 Å². The molecule has 2 fully saturated rings. The highest BCUT2D eigenvalue weighted by Crippen LogP contribution is 2.33. The lowest BCUT2D eigenvalue weighted by Gasteiger charge is -2.37. The van der Waals surface area contributed by atoms with E-state index in [1.54, 1.807) is 0 Å². The number of carbonyl (C=O) groups excluding carboxylic acids is 1. The topological polar surface area (TPSA) is 83.7 Å². The molecule has 1 heterocycles. The largest absolute Gasteiger partial charge is 0.342 e. The minimum atomic E-state index is -3.11. The molecule has 0 aromatic rings. The Labute approximate surface area is 127 Å². The van der Waals surface area contributed by atoms with Gasteiger partial charge in [-0.3, -0.25) is 4.79 Å². The molecule has 7 heteroatoms. The molecular weight excluding hydrogens is 290 g/mol. The zero-order valence-electron chi connectivity index (χ0n) is 13.0. The van der Waals surface area contributed by atoms with E-state index in [4.69, 9.17) is 5.73 Å². The van der Waals surface area contributed by atoms with Crippen LogP contribution in [-0.2, 0) is 14.8 Å². The molecule has 0 radical (unpaired) electrons. The molecule has 1 saturated carbocycles. The Bertz CT molecular complexity index is 472. The number of nitrogens with two attached hydrogens (primary N) is 1. The molecule has 1 aliphatic heterocycles. The van der Waals surface area contributed by atoms with Gasteiger partial charge in [0.15, 0.2) is 0 Å². The van der Waals surface area contributed by atoms with Gasteiger partial charge in [0, 0.05) is 32.1 Å². The van der Waals surface area contributed by atoms with Gasteiger partial charge in [0.25, 0.3) is 0 Å². The van der Waals surface area contributed by atoms with Crippen LogP contribution >= 0.6 is 0 Å². The van der Waals surface area contributed by atoms with E-state index in [0.29, 0.717) is 25.6 Å². The molecule has 2 rings (SSSR count). The molecule has 6 nitrogen and oxygen atoms in total. The number of rotatable bonds is 4. The Balaban J connectivity index is 1.92. The molecular formula is C14H27N3O3S. The predicted octanol–water partition coefficient (Wildman–Crippen LogP) is 0.244. The van der Waals surface area contributed by atoms with E-state index in [1.807, 2.05) is 11.9 Å². The predicted molar refractivity (Wildman–Crippen MR) is 82.1 cm³/mol. The maximum atomic E-state index is 12.6. The van der Waals surface area contributed by atoms with Crippen LogP contribution in [0.15, 0.2) is 0 Å². The van der Waals surface area contributed by atoms with E-state index in [1.165, 1.54) is 10.6 Å². The normalized spacial score (nSPS) is 28.7. The average Bonchev–Trinajstić information content (AvgIpc) is 2.93. The monoisotopic (exact) mass is 317 g/mol. The Morgan fingerprint density at radius 1 is 1.24 bits per heavy atom. The molecule has 0 unspecified atom stereocenters. The minimum Gasteiger partial charge on any atom is -0.342 e. The molecule has 1 aliphatic carbocycles. The van der Waals surface area contributed by atoms with Crippen LogP contribution in [0.3, 0.4) is 0 Å². The van der Waals surface area contributed by atoms with Gasteiger partial charge in [-0.2, -0.15) is 0 Å². The fraction of sp³-hybridized carbons (Fsp3) is 0.929. The fourth-order valence-corrected chi connectivity index (χ4v) is 4.52. The van der Waals surface area contributed by atoms with Crippen molar-refractivity contribution in [3.63, 3.8) is 0 Å². The van der Waals surface area contributed by atoms with Crippen molar-refractivity contribution in [3.05, 3.63) is 0 Å². The summed E-state index contributed by atoms with van der Waals surface area (Å²) in [4.78, 5) is 14.5. The van der Waals surface area contributed by atoms with E-state index >= 15 is 0 Å². The third-order valence-electron chi connectivity index (χ3n) is 5.07. The van der Waals surface area contributed by atoms with Crippen molar-refractivity contribution in [1.29, 1.82) is 0 Å². The summed E-state index contributed by atoms with van der Waals surface area (Å²) in [6.45, 7) is 1.59. The number of sulfonamides is 1. The summed E-state index contributed by atoms with van der Waals surface area (Å²) in [5.41, 5.74) is 5.76. The Morgan fingerprint density at radius 3 is 2.38 bits per heavy atom. The van der Waals surface area contributed by atoms with Gasteiger partial charge in [-0.1, -0.05) is 6.42 Å². The van der Waals surface area contributed by atoms with Gasteiger partial charge < -0.3 is 10.6 Å². The maximum Gasteiger partial charge on any atom is 0.226 e. The average molecular weight is 317 g/mol. The van der Waals surface area contributed by atoms with Crippen LogP contribution in [0.4, 0.5) is 0 Å². The Hall–Kier alpha value is -0.660. The van der Waals surface area contributed by atoms with Gasteiger partial charge in [0.1, 0.15) is 0 Å². The number of nitrogens with zero attached hydrogens (tertiary/aromatic N) is 2. The lowest BCUT2D eigenvalue weighted by molar-refractivity contribution is -0.138. The van der Waals surface area contributed by atoms with Crippen molar-refractivity contribution in [2.75, 3.05) is 32.9 Å². The number of hydrogen-bond donors (Lipinski definition) is 1. The number of piperidine rings is 1. The molecule has 2 atom stereocenters. The second-order valence-electron chi connectivity index (χ2n) is 6.38. The van der Waals surface area contributed by atoms with Crippen molar-refractivity contribution in [3.8, 4) is 0 Å². The molecule has 1 amide bonds. The van der Waals surface area contributed by atoms with Crippen LogP contribution in [0.2, 0.25) is 0 Å². The van der Waals surface area contributed by atoms with E-state index in [9.17, 15) is 13.2 Å². The molecule has 122 valence electrons. The summed E-state index contributed by atoms with van der Waals surface area (Å²) in [6, 6.07) is 0.148. The van der Waals surface area contributed by atoms with Gasteiger partial charge in [0.05, 0.1) is 6.26 Å². The van der Waals surface area contributed by atoms with Gasteiger partial charge >= 0.3 is 0 Å². The standard InChI is InChI=1S/C14H27N3O3S/c1-16(14(18)13-5-3-4-11(13)10-15)12-6-8-17(9-7-12)21(2,19)20/h11-13H,3-10,15H2,1-2H3/t11-,13-/m1/s1. The maximum absolute atomic E-state index is 12.6. The van der Waals surface area contributed by atoms with E-state index < -0.39 is 10.0 Å². The second-order valence-corrected chi connectivity index (χ2v) is 8.36. The molecule has 21 heavy (non-hydrogen) atoms. The van der Waals surface area contributed by atoms with E-state index in [2.05, 4.69) is 0 Å². The molecule has 0 spiro atoms. The SMILES string of the molecule is CN(C(=O)[C@@H]1CCC[C@@H]1CN)C1CCN(S(C)(=O)=O)CC1. The van der Waals surface area contributed by atoms with Crippen LogP contribution in [0.5, 0.6) is 0 Å².